The summed E-state index contributed by atoms with van der Waals surface area (Å²) in [6, 6.07) is 8.27. The van der Waals surface area contributed by atoms with Gasteiger partial charge in [-0.2, -0.15) is 4.98 Å². The summed E-state index contributed by atoms with van der Waals surface area (Å²) in [6.45, 7) is 0.231. The Hall–Kier alpha value is -1.96. The number of para-hydroxylation sites is 1. The molecule has 3 aromatic rings. The van der Waals surface area contributed by atoms with Gasteiger partial charge in [0, 0.05) is 19.7 Å². The summed E-state index contributed by atoms with van der Waals surface area (Å²) >= 11 is 8.09. The van der Waals surface area contributed by atoms with Crippen molar-refractivity contribution in [3.05, 3.63) is 29.4 Å². The molecule has 2 atom stereocenters. The standard InChI is InChI=1S/C18H20ClN5OS/c1-20-18-23-15(19)14(17-22-12-4-2-3-5-13(12)26-17)16(24-18)21-11-7-6-10(8-11)9-25/h2-5,10-11,25H,6-9H2,1H3,(H2,20,21,23,24). The lowest BCUT2D eigenvalue weighted by Crippen LogP contribution is -2.18. The van der Waals surface area contributed by atoms with Gasteiger partial charge in [-0.25, -0.2) is 9.97 Å². The first-order valence-electron chi connectivity index (χ1n) is 8.66. The Kier molecular flexibility index (Phi) is 4.93. The number of anilines is 2. The van der Waals surface area contributed by atoms with E-state index in [1.54, 1.807) is 18.4 Å². The molecule has 0 amide bonds. The molecule has 136 valence electrons. The second kappa shape index (κ2) is 7.34. The number of thiazole rings is 1. The molecule has 2 unspecified atom stereocenters. The van der Waals surface area contributed by atoms with Gasteiger partial charge in [-0.15, -0.1) is 11.3 Å². The zero-order chi connectivity index (χ0) is 18.1. The van der Waals surface area contributed by atoms with Gasteiger partial charge in [0.05, 0.1) is 15.8 Å². The van der Waals surface area contributed by atoms with E-state index < -0.39 is 0 Å². The summed E-state index contributed by atoms with van der Waals surface area (Å²) in [6.07, 6.45) is 2.94. The Balaban J connectivity index is 1.75. The summed E-state index contributed by atoms with van der Waals surface area (Å²) in [5.74, 6) is 1.51. The van der Waals surface area contributed by atoms with Crippen molar-refractivity contribution in [1.82, 2.24) is 15.0 Å². The largest absolute Gasteiger partial charge is 0.396 e. The zero-order valence-electron chi connectivity index (χ0n) is 14.4. The van der Waals surface area contributed by atoms with Gasteiger partial charge in [-0.3, -0.25) is 0 Å². The van der Waals surface area contributed by atoms with E-state index in [2.05, 4.69) is 20.6 Å². The van der Waals surface area contributed by atoms with Crippen LogP contribution in [-0.2, 0) is 0 Å². The van der Waals surface area contributed by atoms with Gasteiger partial charge >= 0.3 is 0 Å². The maximum absolute atomic E-state index is 9.40. The number of aromatic nitrogens is 3. The number of halogens is 1. The molecular formula is C18H20ClN5OS. The molecule has 4 rings (SSSR count). The van der Waals surface area contributed by atoms with Crippen molar-refractivity contribution in [1.29, 1.82) is 0 Å². The second-order valence-electron chi connectivity index (χ2n) is 6.50. The SMILES string of the molecule is CNc1nc(Cl)c(-c2nc3ccccc3s2)c(NC2CCC(CO)C2)n1. The average molecular weight is 390 g/mol. The number of hydrogen-bond acceptors (Lipinski definition) is 7. The molecule has 1 aliphatic carbocycles. The number of rotatable bonds is 5. The molecule has 1 aliphatic rings. The van der Waals surface area contributed by atoms with Gasteiger partial charge in [-0.1, -0.05) is 23.7 Å². The van der Waals surface area contributed by atoms with Crippen molar-refractivity contribution in [2.45, 2.75) is 25.3 Å². The van der Waals surface area contributed by atoms with Gasteiger partial charge in [0.2, 0.25) is 5.95 Å². The summed E-state index contributed by atoms with van der Waals surface area (Å²) in [7, 11) is 1.77. The average Bonchev–Trinajstić information content (AvgIpc) is 3.27. The predicted octanol–water partition coefficient (Wildman–Crippen LogP) is 4.02. The van der Waals surface area contributed by atoms with Crippen molar-refractivity contribution in [3.63, 3.8) is 0 Å². The molecule has 6 nitrogen and oxygen atoms in total. The van der Waals surface area contributed by atoms with Crippen LogP contribution in [0.1, 0.15) is 19.3 Å². The lowest BCUT2D eigenvalue weighted by Gasteiger charge is -2.17. The minimum Gasteiger partial charge on any atom is -0.396 e. The summed E-state index contributed by atoms with van der Waals surface area (Å²) < 4.78 is 1.10. The number of hydrogen-bond donors (Lipinski definition) is 3. The summed E-state index contributed by atoms with van der Waals surface area (Å²) in [5.41, 5.74) is 1.67. The van der Waals surface area contributed by atoms with Crippen LogP contribution in [0.3, 0.4) is 0 Å². The first kappa shape index (κ1) is 17.5. The van der Waals surface area contributed by atoms with E-state index in [0.29, 0.717) is 22.8 Å². The maximum atomic E-state index is 9.40. The number of fused-ring (bicyclic) bond motifs is 1. The molecule has 1 aromatic carbocycles. The molecule has 2 aromatic heterocycles. The van der Waals surface area contributed by atoms with Crippen molar-refractivity contribution in [3.8, 4) is 10.6 Å². The minimum atomic E-state index is 0.231. The highest BCUT2D eigenvalue weighted by molar-refractivity contribution is 7.21. The molecule has 0 bridgehead atoms. The lowest BCUT2D eigenvalue weighted by molar-refractivity contribution is 0.229. The van der Waals surface area contributed by atoms with E-state index in [-0.39, 0.29) is 12.6 Å². The normalized spacial score (nSPS) is 19.8. The predicted molar refractivity (Wildman–Crippen MR) is 107 cm³/mol. The van der Waals surface area contributed by atoms with Crippen LogP contribution in [0.4, 0.5) is 11.8 Å². The Morgan fingerprint density at radius 1 is 1.23 bits per heavy atom. The van der Waals surface area contributed by atoms with Crippen LogP contribution < -0.4 is 10.6 Å². The molecule has 0 saturated heterocycles. The topological polar surface area (TPSA) is 83.0 Å². The number of aliphatic hydroxyl groups excluding tert-OH is 1. The smallest absolute Gasteiger partial charge is 0.225 e. The first-order chi connectivity index (χ1) is 12.7. The highest BCUT2D eigenvalue weighted by atomic mass is 35.5. The van der Waals surface area contributed by atoms with Gasteiger partial charge in [-0.05, 0) is 37.3 Å². The molecule has 26 heavy (non-hydrogen) atoms. The maximum Gasteiger partial charge on any atom is 0.225 e. The molecule has 0 radical (unpaired) electrons. The molecule has 0 spiro atoms. The van der Waals surface area contributed by atoms with E-state index in [4.69, 9.17) is 16.6 Å². The zero-order valence-corrected chi connectivity index (χ0v) is 15.9. The quantitative estimate of drug-likeness (QED) is 0.571. The van der Waals surface area contributed by atoms with Gasteiger partial charge < -0.3 is 15.7 Å². The van der Waals surface area contributed by atoms with E-state index in [1.807, 2.05) is 24.3 Å². The highest BCUT2D eigenvalue weighted by Crippen LogP contribution is 2.39. The van der Waals surface area contributed by atoms with Crippen molar-refractivity contribution < 1.29 is 5.11 Å². The Morgan fingerprint density at radius 2 is 2.08 bits per heavy atom. The van der Waals surface area contributed by atoms with Crippen LogP contribution in [0.2, 0.25) is 5.15 Å². The van der Waals surface area contributed by atoms with Crippen molar-refractivity contribution >= 4 is 44.9 Å². The Morgan fingerprint density at radius 3 is 2.81 bits per heavy atom. The number of nitrogens with zero attached hydrogens (tertiary/aromatic N) is 3. The van der Waals surface area contributed by atoms with Crippen LogP contribution in [0.15, 0.2) is 24.3 Å². The van der Waals surface area contributed by atoms with Crippen LogP contribution in [0.5, 0.6) is 0 Å². The van der Waals surface area contributed by atoms with E-state index in [0.717, 1.165) is 40.1 Å². The van der Waals surface area contributed by atoms with Crippen LogP contribution in [0.25, 0.3) is 20.8 Å². The Bertz CT molecular complexity index is 898. The fraction of sp³-hybridized carbons (Fsp3) is 0.389. The summed E-state index contributed by atoms with van der Waals surface area (Å²) in [5, 5.41) is 17.0. The van der Waals surface area contributed by atoms with Crippen LogP contribution >= 0.6 is 22.9 Å². The van der Waals surface area contributed by atoms with E-state index >= 15 is 0 Å². The molecule has 1 saturated carbocycles. The molecule has 1 fully saturated rings. The number of aliphatic hydroxyl groups is 1. The third-order valence-electron chi connectivity index (χ3n) is 4.74. The van der Waals surface area contributed by atoms with Gasteiger partial charge in [0.1, 0.15) is 16.0 Å². The molecular weight excluding hydrogens is 370 g/mol. The van der Waals surface area contributed by atoms with Gasteiger partial charge in [0.25, 0.3) is 0 Å². The number of benzene rings is 1. The highest BCUT2D eigenvalue weighted by Gasteiger charge is 2.27. The third kappa shape index (κ3) is 3.34. The van der Waals surface area contributed by atoms with E-state index in [1.165, 1.54) is 0 Å². The second-order valence-corrected chi connectivity index (χ2v) is 7.89. The first-order valence-corrected chi connectivity index (χ1v) is 9.86. The third-order valence-corrected chi connectivity index (χ3v) is 6.06. The number of nitrogens with one attached hydrogen (secondary N) is 2. The fourth-order valence-electron chi connectivity index (χ4n) is 3.38. The van der Waals surface area contributed by atoms with E-state index in [9.17, 15) is 5.11 Å². The molecule has 3 N–H and O–H groups in total. The van der Waals surface area contributed by atoms with Crippen LogP contribution in [0, 0.1) is 5.92 Å². The molecule has 0 aliphatic heterocycles. The van der Waals surface area contributed by atoms with Crippen LogP contribution in [-0.4, -0.2) is 39.8 Å². The fourth-order valence-corrected chi connectivity index (χ4v) is 4.71. The van der Waals surface area contributed by atoms with Gasteiger partial charge in [0.15, 0.2) is 0 Å². The van der Waals surface area contributed by atoms with Crippen molar-refractivity contribution in [2.75, 3.05) is 24.3 Å². The molecule has 8 heteroatoms. The minimum absolute atomic E-state index is 0.231. The lowest BCUT2D eigenvalue weighted by atomic mass is 10.1. The molecule has 2 heterocycles. The Labute approximate surface area is 160 Å². The monoisotopic (exact) mass is 389 g/mol. The van der Waals surface area contributed by atoms with Crippen molar-refractivity contribution in [2.24, 2.45) is 5.92 Å². The summed E-state index contributed by atoms with van der Waals surface area (Å²) in [4.78, 5) is 13.7.